The summed E-state index contributed by atoms with van der Waals surface area (Å²) >= 11 is 0. The van der Waals surface area contributed by atoms with E-state index >= 15 is 0 Å². The van der Waals surface area contributed by atoms with Gasteiger partial charge >= 0.3 is 0 Å². The zero-order valence-corrected chi connectivity index (χ0v) is 12.9. The molecule has 0 radical (unpaired) electrons. The molecule has 0 unspecified atom stereocenters. The number of rotatable bonds is 3. The molecule has 1 fully saturated rings. The van der Waals surface area contributed by atoms with E-state index in [0.717, 1.165) is 43.6 Å². The highest BCUT2D eigenvalue weighted by atomic mass is 15.3. The van der Waals surface area contributed by atoms with Crippen LogP contribution in [-0.2, 0) is 0 Å². The van der Waals surface area contributed by atoms with Gasteiger partial charge in [-0.15, -0.1) is 5.10 Å². The number of fused-ring (bicyclic) bond motifs is 1. The van der Waals surface area contributed by atoms with Crippen molar-refractivity contribution in [1.82, 2.24) is 19.5 Å². The van der Waals surface area contributed by atoms with E-state index in [2.05, 4.69) is 38.1 Å². The van der Waals surface area contributed by atoms with Crippen molar-refractivity contribution in [3.63, 3.8) is 0 Å². The first kappa shape index (κ1) is 13.8. The maximum atomic E-state index is 4.65. The lowest BCUT2D eigenvalue weighted by Gasteiger charge is -2.37. The zero-order valence-electron chi connectivity index (χ0n) is 12.9. The standard InChI is InChI=1S/C17H23N5/c1-2-4-15(5-3-1)14-20-10-12-21(13-11-20)17-7-6-16-18-8-9-22(16)19-17/h1-2,6-9,15H,3-5,10-14H2/t15-/m1/s1. The molecule has 2 aromatic heterocycles. The first-order valence-electron chi connectivity index (χ1n) is 8.31. The van der Waals surface area contributed by atoms with Crippen molar-refractivity contribution < 1.29 is 0 Å². The first-order chi connectivity index (χ1) is 10.9. The molecular weight excluding hydrogens is 274 g/mol. The number of imidazole rings is 1. The minimum atomic E-state index is 0.858. The van der Waals surface area contributed by atoms with E-state index in [-0.39, 0.29) is 0 Å². The van der Waals surface area contributed by atoms with Crippen molar-refractivity contribution in [2.75, 3.05) is 37.6 Å². The van der Waals surface area contributed by atoms with Gasteiger partial charge < -0.3 is 4.90 Å². The Morgan fingerprint density at radius 2 is 2.00 bits per heavy atom. The number of aromatic nitrogens is 3. The SMILES string of the molecule is C1=CC[C@@H](CN2CCN(c3ccc4nccn4n3)CC2)CC1. The molecule has 22 heavy (non-hydrogen) atoms. The van der Waals surface area contributed by atoms with Crippen molar-refractivity contribution in [3.05, 3.63) is 36.7 Å². The van der Waals surface area contributed by atoms with E-state index in [1.165, 1.54) is 25.8 Å². The van der Waals surface area contributed by atoms with E-state index in [1.807, 2.05) is 16.8 Å². The molecule has 0 bridgehead atoms. The Bertz CT molecular complexity index is 654. The third kappa shape index (κ3) is 2.86. The Labute approximate surface area is 131 Å². The highest BCUT2D eigenvalue weighted by Gasteiger charge is 2.21. The summed E-state index contributed by atoms with van der Waals surface area (Å²) in [5.74, 6) is 1.92. The van der Waals surface area contributed by atoms with Gasteiger partial charge in [0.2, 0.25) is 0 Å². The number of allylic oxidation sites excluding steroid dienone is 2. The number of hydrogen-bond acceptors (Lipinski definition) is 4. The third-order valence-electron chi connectivity index (χ3n) is 4.83. The first-order valence-corrected chi connectivity index (χ1v) is 8.31. The van der Waals surface area contributed by atoms with Crippen molar-refractivity contribution in [2.45, 2.75) is 19.3 Å². The maximum Gasteiger partial charge on any atom is 0.153 e. The molecule has 0 amide bonds. The Kier molecular flexibility index (Phi) is 3.81. The zero-order chi connectivity index (χ0) is 14.8. The number of anilines is 1. The van der Waals surface area contributed by atoms with Gasteiger partial charge in [0.1, 0.15) is 5.82 Å². The van der Waals surface area contributed by atoms with E-state index in [4.69, 9.17) is 0 Å². The molecule has 4 rings (SSSR count). The van der Waals surface area contributed by atoms with Gasteiger partial charge in [0.05, 0.1) is 0 Å². The molecule has 1 saturated heterocycles. The molecule has 3 heterocycles. The van der Waals surface area contributed by atoms with Gasteiger partial charge in [0.25, 0.3) is 0 Å². The Morgan fingerprint density at radius 1 is 1.09 bits per heavy atom. The van der Waals surface area contributed by atoms with Crippen LogP contribution >= 0.6 is 0 Å². The smallest absolute Gasteiger partial charge is 0.153 e. The van der Waals surface area contributed by atoms with Gasteiger partial charge in [-0.1, -0.05) is 12.2 Å². The fourth-order valence-corrected chi connectivity index (χ4v) is 3.52. The predicted molar refractivity (Wildman–Crippen MR) is 88.1 cm³/mol. The van der Waals surface area contributed by atoms with Crippen molar-refractivity contribution >= 4 is 11.5 Å². The van der Waals surface area contributed by atoms with E-state index in [1.54, 1.807) is 6.20 Å². The van der Waals surface area contributed by atoms with Gasteiger partial charge in [-0.25, -0.2) is 9.50 Å². The Hall–Kier alpha value is -1.88. The van der Waals surface area contributed by atoms with Crippen molar-refractivity contribution in [3.8, 4) is 0 Å². The summed E-state index contributed by atoms with van der Waals surface area (Å²) in [6.07, 6.45) is 12.3. The average Bonchev–Trinajstić information content (AvgIpc) is 3.04. The van der Waals surface area contributed by atoms with Gasteiger partial charge in [-0.2, -0.15) is 0 Å². The molecule has 0 spiro atoms. The maximum absolute atomic E-state index is 4.65. The monoisotopic (exact) mass is 297 g/mol. The highest BCUT2D eigenvalue weighted by Crippen LogP contribution is 2.21. The van der Waals surface area contributed by atoms with Crippen LogP contribution in [0.25, 0.3) is 5.65 Å². The van der Waals surface area contributed by atoms with Crippen molar-refractivity contribution in [1.29, 1.82) is 0 Å². The lowest BCUT2D eigenvalue weighted by Crippen LogP contribution is -2.48. The normalized spacial score (nSPS) is 23.3. The Balaban J connectivity index is 1.35. The Morgan fingerprint density at radius 3 is 2.82 bits per heavy atom. The molecule has 1 aliphatic heterocycles. The summed E-state index contributed by atoms with van der Waals surface area (Å²) in [4.78, 5) is 9.26. The van der Waals surface area contributed by atoms with Gasteiger partial charge in [-0.05, 0) is 37.3 Å². The number of nitrogens with zero attached hydrogens (tertiary/aromatic N) is 5. The highest BCUT2D eigenvalue weighted by molar-refractivity contribution is 5.46. The fraction of sp³-hybridized carbons (Fsp3) is 0.529. The van der Waals surface area contributed by atoms with Crippen LogP contribution in [0.3, 0.4) is 0 Å². The molecule has 2 aromatic rings. The summed E-state index contributed by atoms with van der Waals surface area (Å²) in [5.41, 5.74) is 0.910. The largest absolute Gasteiger partial charge is 0.353 e. The summed E-state index contributed by atoms with van der Waals surface area (Å²) in [7, 11) is 0. The van der Waals surface area contributed by atoms with Crippen LogP contribution in [-0.4, -0.2) is 52.2 Å². The lowest BCUT2D eigenvalue weighted by molar-refractivity contribution is 0.211. The van der Waals surface area contributed by atoms with E-state index < -0.39 is 0 Å². The molecule has 0 saturated carbocycles. The summed E-state index contributed by atoms with van der Waals surface area (Å²) in [6.45, 7) is 5.67. The molecule has 0 N–H and O–H groups in total. The molecule has 5 nitrogen and oxygen atoms in total. The summed E-state index contributed by atoms with van der Waals surface area (Å²) in [6, 6.07) is 4.13. The second-order valence-corrected chi connectivity index (χ2v) is 6.36. The topological polar surface area (TPSA) is 36.7 Å². The van der Waals surface area contributed by atoms with Gasteiger partial charge in [-0.3, -0.25) is 4.90 Å². The predicted octanol–water partition coefficient (Wildman–Crippen LogP) is 2.21. The van der Waals surface area contributed by atoms with E-state index in [0.29, 0.717) is 0 Å². The minimum Gasteiger partial charge on any atom is -0.353 e. The fourth-order valence-electron chi connectivity index (χ4n) is 3.52. The molecule has 0 aromatic carbocycles. The lowest BCUT2D eigenvalue weighted by atomic mass is 9.94. The second-order valence-electron chi connectivity index (χ2n) is 6.36. The molecule has 1 atom stereocenters. The van der Waals surface area contributed by atoms with E-state index in [9.17, 15) is 0 Å². The molecule has 1 aliphatic carbocycles. The van der Waals surface area contributed by atoms with Crippen LogP contribution in [0.15, 0.2) is 36.7 Å². The average molecular weight is 297 g/mol. The van der Waals surface area contributed by atoms with Crippen LogP contribution < -0.4 is 4.90 Å². The van der Waals surface area contributed by atoms with Gasteiger partial charge in [0.15, 0.2) is 5.65 Å². The van der Waals surface area contributed by atoms with Crippen LogP contribution in [0.2, 0.25) is 0 Å². The number of hydrogen-bond donors (Lipinski definition) is 0. The summed E-state index contributed by atoms with van der Waals surface area (Å²) < 4.78 is 1.86. The van der Waals surface area contributed by atoms with Crippen molar-refractivity contribution in [2.24, 2.45) is 5.92 Å². The number of piperazine rings is 1. The third-order valence-corrected chi connectivity index (χ3v) is 4.83. The van der Waals surface area contributed by atoms with Crippen LogP contribution in [0.1, 0.15) is 19.3 Å². The molecular formula is C17H23N5. The molecule has 2 aliphatic rings. The van der Waals surface area contributed by atoms with Crippen LogP contribution in [0, 0.1) is 5.92 Å². The summed E-state index contributed by atoms with van der Waals surface area (Å²) in [5, 5.41) is 4.65. The second kappa shape index (κ2) is 6.08. The minimum absolute atomic E-state index is 0.858. The molecule has 116 valence electrons. The van der Waals surface area contributed by atoms with Crippen LogP contribution in [0.4, 0.5) is 5.82 Å². The quantitative estimate of drug-likeness (QED) is 0.814. The van der Waals surface area contributed by atoms with Crippen LogP contribution in [0.5, 0.6) is 0 Å². The van der Waals surface area contributed by atoms with Gasteiger partial charge in [0, 0.05) is 45.1 Å². The molecule has 5 heteroatoms.